The largest absolute Gasteiger partial charge is 0.486 e. The van der Waals surface area contributed by atoms with Crippen LogP contribution in [0.15, 0.2) is 48.5 Å². The molecule has 0 saturated carbocycles. The van der Waals surface area contributed by atoms with E-state index in [1.807, 2.05) is 0 Å². The molecule has 2 aliphatic rings. The number of amides is 2. The van der Waals surface area contributed by atoms with E-state index in [9.17, 15) is 19.5 Å². The highest BCUT2D eigenvalue weighted by Gasteiger charge is 2.37. The van der Waals surface area contributed by atoms with Gasteiger partial charge in [-0.25, -0.2) is 4.79 Å². The topological polar surface area (TPSA) is 105 Å². The Morgan fingerprint density at radius 3 is 2.52 bits per heavy atom. The Hall–Kier alpha value is -3.55. The molecule has 8 heteroatoms. The molecule has 2 atom stereocenters. The fourth-order valence-electron chi connectivity index (χ4n) is 3.53. The van der Waals surface area contributed by atoms with Crippen LogP contribution in [0.5, 0.6) is 11.5 Å². The molecular weight excluding hydrogens is 376 g/mol. The highest BCUT2D eigenvalue weighted by atomic mass is 16.6. The number of ether oxygens (including phenoxy) is 2. The molecule has 29 heavy (non-hydrogen) atoms. The van der Waals surface area contributed by atoms with Gasteiger partial charge < -0.3 is 24.8 Å². The fraction of sp³-hybridized carbons (Fsp3) is 0.286. The van der Waals surface area contributed by atoms with Gasteiger partial charge in [-0.15, -0.1) is 0 Å². The molecule has 1 saturated heterocycles. The standard InChI is InChI=1S/C21H20N2O6/c24-18-10-14(20(25)22-19(21(26)27)13-4-2-1-3-5-13)12-23(18)15-6-7-16-17(11-15)29-9-8-28-16/h1-7,11,14,19H,8-10,12H2,(H,22,25)(H,26,27)/t14?,19-/m0/s1. The summed E-state index contributed by atoms with van der Waals surface area (Å²) in [5.74, 6) is -1.28. The lowest BCUT2D eigenvalue weighted by Crippen LogP contribution is -2.38. The van der Waals surface area contributed by atoms with E-state index in [0.717, 1.165) is 0 Å². The molecule has 0 radical (unpaired) electrons. The second kappa shape index (κ2) is 7.83. The predicted octanol–water partition coefficient (Wildman–Crippen LogP) is 1.75. The molecule has 150 valence electrons. The van der Waals surface area contributed by atoms with Crippen LogP contribution in [0.1, 0.15) is 18.0 Å². The van der Waals surface area contributed by atoms with Crippen LogP contribution in [0.3, 0.4) is 0 Å². The first-order valence-electron chi connectivity index (χ1n) is 9.31. The highest BCUT2D eigenvalue weighted by molar-refractivity contribution is 6.01. The van der Waals surface area contributed by atoms with Crippen LogP contribution in [0.2, 0.25) is 0 Å². The van der Waals surface area contributed by atoms with Crippen molar-refractivity contribution in [2.75, 3.05) is 24.7 Å². The number of hydrogen-bond donors (Lipinski definition) is 2. The summed E-state index contributed by atoms with van der Waals surface area (Å²) in [5, 5.41) is 12.1. The normalized spacial score (nSPS) is 19.0. The molecule has 1 unspecified atom stereocenters. The Morgan fingerprint density at radius 2 is 1.79 bits per heavy atom. The number of carbonyl (C=O) groups is 3. The van der Waals surface area contributed by atoms with Crippen molar-refractivity contribution in [1.29, 1.82) is 0 Å². The molecule has 0 bridgehead atoms. The zero-order valence-electron chi connectivity index (χ0n) is 15.5. The number of rotatable bonds is 5. The van der Waals surface area contributed by atoms with Gasteiger partial charge in [0.2, 0.25) is 11.8 Å². The van der Waals surface area contributed by atoms with Crippen molar-refractivity contribution in [2.45, 2.75) is 12.5 Å². The Morgan fingerprint density at radius 1 is 1.07 bits per heavy atom. The van der Waals surface area contributed by atoms with Crippen molar-refractivity contribution in [3.8, 4) is 11.5 Å². The van der Waals surface area contributed by atoms with E-state index in [1.54, 1.807) is 48.5 Å². The summed E-state index contributed by atoms with van der Waals surface area (Å²) in [6.45, 7) is 1.08. The third-order valence-electron chi connectivity index (χ3n) is 5.00. The number of carboxylic acids is 1. The molecule has 1 fully saturated rings. The van der Waals surface area contributed by atoms with Gasteiger partial charge in [0, 0.05) is 24.7 Å². The Bertz CT molecular complexity index is 945. The van der Waals surface area contributed by atoms with Crippen LogP contribution in [-0.2, 0) is 14.4 Å². The van der Waals surface area contributed by atoms with Crippen LogP contribution in [0, 0.1) is 5.92 Å². The van der Waals surface area contributed by atoms with E-state index in [1.165, 1.54) is 4.90 Å². The van der Waals surface area contributed by atoms with Crippen molar-refractivity contribution in [3.63, 3.8) is 0 Å². The maximum atomic E-state index is 12.7. The highest BCUT2D eigenvalue weighted by Crippen LogP contribution is 2.36. The summed E-state index contributed by atoms with van der Waals surface area (Å²) in [6.07, 6.45) is 0.0153. The van der Waals surface area contributed by atoms with E-state index in [2.05, 4.69) is 5.32 Å². The molecule has 2 aromatic rings. The minimum Gasteiger partial charge on any atom is -0.486 e. The van der Waals surface area contributed by atoms with Gasteiger partial charge in [0.25, 0.3) is 0 Å². The third kappa shape index (κ3) is 3.87. The van der Waals surface area contributed by atoms with Crippen LogP contribution in [0.25, 0.3) is 0 Å². The van der Waals surface area contributed by atoms with E-state index in [-0.39, 0.29) is 18.9 Å². The summed E-state index contributed by atoms with van der Waals surface area (Å²) in [4.78, 5) is 38.3. The zero-order valence-corrected chi connectivity index (χ0v) is 15.5. The molecule has 4 rings (SSSR count). The third-order valence-corrected chi connectivity index (χ3v) is 5.00. The summed E-state index contributed by atoms with van der Waals surface area (Å²) in [5.41, 5.74) is 1.09. The summed E-state index contributed by atoms with van der Waals surface area (Å²) in [7, 11) is 0. The number of aliphatic carboxylic acids is 1. The smallest absolute Gasteiger partial charge is 0.330 e. The van der Waals surface area contributed by atoms with Crippen LogP contribution in [0.4, 0.5) is 5.69 Å². The lowest BCUT2D eigenvalue weighted by atomic mass is 10.0. The number of carboxylic acid groups (broad SMARTS) is 1. The molecule has 0 spiro atoms. The average molecular weight is 396 g/mol. The molecule has 8 nitrogen and oxygen atoms in total. The van der Waals surface area contributed by atoms with Crippen molar-refractivity contribution in [3.05, 3.63) is 54.1 Å². The number of hydrogen-bond acceptors (Lipinski definition) is 5. The minimum atomic E-state index is -1.16. The second-order valence-electron chi connectivity index (χ2n) is 6.92. The van der Waals surface area contributed by atoms with Crippen LogP contribution >= 0.6 is 0 Å². The molecule has 2 N–H and O–H groups in total. The van der Waals surface area contributed by atoms with Crippen LogP contribution in [-0.4, -0.2) is 42.6 Å². The minimum absolute atomic E-state index is 0.0153. The van der Waals surface area contributed by atoms with E-state index in [0.29, 0.717) is 36.0 Å². The van der Waals surface area contributed by atoms with E-state index < -0.39 is 23.8 Å². The number of nitrogens with one attached hydrogen (secondary N) is 1. The first kappa shape index (κ1) is 18.8. The molecule has 0 aromatic heterocycles. The van der Waals surface area contributed by atoms with E-state index >= 15 is 0 Å². The maximum Gasteiger partial charge on any atom is 0.330 e. The van der Waals surface area contributed by atoms with E-state index in [4.69, 9.17) is 9.47 Å². The monoisotopic (exact) mass is 396 g/mol. The van der Waals surface area contributed by atoms with Crippen molar-refractivity contribution in [1.82, 2.24) is 5.32 Å². The average Bonchev–Trinajstić information content (AvgIpc) is 3.13. The molecule has 2 heterocycles. The molecule has 0 aliphatic carbocycles. The molecule has 2 aliphatic heterocycles. The van der Waals surface area contributed by atoms with Gasteiger partial charge in [-0.2, -0.15) is 0 Å². The number of fused-ring (bicyclic) bond motifs is 1. The molecule has 2 amide bonds. The number of anilines is 1. The Kier molecular flexibility index (Phi) is 5.07. The quantitative estimate of drug-likeness (QED) is 0.798. The summed E-state index contributed by atoms with van der Waals surface area (Å²) in [6, 6.07) is 12.5. The Labute approximate surface area is 167 Å². The second-order valence-corrected chi connectivity index (χ2v) is 6.92. The van der Waals surface area contributed by atoms with Gasteiger partial charge in [0.05, 0.1) is 5.92 Å². The SMILES string of the molecule is O=C(N[C@H](C(=O)O)c1ccccc1)C1CC(=O)N(c2ccc3c(c2)OCCO3)C1. The van der Waals surface area contributed by atoms with Gasteiger partial charge >= 0.3 is 5.97 Å². The zero-order chi connectivity index (χ0) is 20.4. The van der Waals surface area contributed by atoms with Crippen molar-refractivity contribution < 1.29 is 29.0 Å². The number of nitrogens with zero attached hydrogens (tertiary/aromatic N) is 1. The first-order valence-corrected chi connectivity index (χ1v) is 9.31. The van der Waals surface area contributed by atoms with Gasteiger partial charge in [0.1, 0.15) is 13.2 Å². The summed E-state index contributed by atoms with van der Waals surface area (Å²) >= 11 is 0. The predicted molar refractivity (Wildman–Crippen MR) is 103 cm³/mol. The summed E-state index contributed by atoms with van der Waals surface area (Å²) < 4.78 is 11.0. The van der Waals surface area contributed by atoms with Crippen molar-refractivity contribution in [2.24, 2.45) is 5.92 Å². The number of carbonyl (C=O) groups excluding carboxylic acids is 2. The molecule has 2 aromatic carbocycles. The maximum absolute atomic E-state index is 12.7. The van der Waals surface area contributed by atoms with Gasteiger partial charge in [0.15, 0.2) is 17.5 Å². The Balaban J connectivity index is 1.47. The van der Waals surface area contributed by atoms with Gasteiger partial charge in [-0.3, -0.25) is 9.59 Å². The lowest BCUT2D eigenvalue weighted by molar-refractivity contribution is -0.142. The van der Waals surface area contributed by atoms with Crippen LogP contribution < -0.4 is 19.7 Å². The first-order chi connectivity index (χ1) is 14.0. The fourth-order valence-corrected chi connectivity index (χ4v) is 3.53. The number of benzene rings is 2. The van der Waals surface area contributed by atoms with Gasteiger partial charge in [-0.1, -0.05) is 30.3 Å². The lowest BCUT2D eigenvalue weighted by Gasteiger charge is -2.22. The van der Waals surface area contributed by atoms with Crippen molar-refractivity contribution >= 4 is 23.5 Å². The van der Waals surface area contributed by atoms with Gasteiger partial charge in [-0.05, 0) is 17.7 Å². The molecular formula is C21H20N2O6.